The number of amides is 1. The van der Waals surface area contributed by atoms with Gasteiger partial charge in [-0.3, -0.25) is 4.79 Å². The van der Waals surface area contributed by atoms with Crippen LogP contribution in [0.2, 0.25) is 0 Å². The number of benzene rings is 2. The van der Waals surface area contributed by atoms with E-state index in [-0.39, 0.29) is 18.3 Å². The second kappa shape index (κ2) is 8.80. The van der Waals surface area contributed by atoms with Gasteiger partial charge in [-0.25, -0.2) is 19.3 Å². The number of hydrogen-bond acceptors (Lipinski definition) is 6. The zero-order chi connectivity index (χ0) is 21.4. The van der Waals surface area contributed by atoms with E-state index in [9.17, 15) is 9.18 Å². The van der Waals surface area contributed by atoms with E-state index in [1.165, 1.54) is 18.5 Å². The first-order valence-electron chi connectivity index (χ1n) is 9.65. The van der Waals surface area contributed by atoms with Crippen LogP contribution in [0.1, 0.15) is 17.2 Å². The van der Waals surface area contributed by atoms with Gasteiger partial charge >= 0.3 is 0 Å². The van der Waals surface area contributed by atoms with Crippen LogP contribution < -0.4 is 14.8 Å². The molecule has 0 radical (unpaired) electrons. The molecule has 0 aliphatic carbocycles. The Morgan fingerprint density at radius 1 is 1.19 bits per heavy atom. The highest BCUT2D eigenvalue weighted by Crippen LogP contribution is 2.41. The first-order chi connectivity index (χ1) is 15.1. The van der Waals surface area contributed by atoms with Gasteiger partial charge in [0.15, 0.2) is 11.5 Å². The molecule has 0 spiro atoms. The van der Waals surface area contributed by atoms with Crippen molar-refractivity contribution in [2.45, 2.75) is 12.5 Å². The van der Waals surface area contributed by atoms with Gasteiger partial charge < -0.3 is 19.4 Å². The number of ether oxygens (including phenoxy) is 2. The van der Waals surface area contributed by atoms with Gasteiger partial charge in [-0.15, -0.1) is 12.4 Å². The Hall–Kier alpha value is -3.72. The minimum absolute atomic E-state index is 0. The number of aromatic nitrogens is 4. The standard InChI is InChI=1S/C22H18FN5O3.ClH/c1-30-18-9-15-16(10-19(18)31-7-6-28-5-4-24-12-28)25-11-26-21(15)20-14-3-2-13(23)8-17(14)27-22(20)29;/h2-5,8-12,20H,6-7H2,1H3,(H,27,29);1H. The molecule has 8 nitrogen and oxygen atoms in total. The van der Waals surface area contributed by atoms with E-state index >= 15 is 0 Å². The minimum Gasteiger partial charge on any atom is -0.493 e. The Labute approximate surface area is 188 Å². The van der Waals surface area contributed by atoms with Gasteiger partial charge in [0, 0.05) is 29.5 Å². The average Bonchev–Trinajstić information content (AvgIpc) is 3.39. The Morgan fingerprint density at radius 2 is 2.06 bits per heavy atom. The van der Waals surface area contributed by atoms with Crippen molar-refractivity contribution in [3.63, 3.8) is 0 Å². The third-order valence-electron chi connectivity index (χ3n) is 5.24. The van der Waals surface area contributed by atoms with Crippen molar-refractivity contribution in [2.24, 2.45) is 0 Å². The Bertz CT molecular complexity index is 1280. The molecule has 0 saturated heterocycles. The summed E-state index contributed by atoms with van der Waals surface area (Å²) in [4.78, 5) is 25.5. The molecule has 5 rings (SSSR count). The molecule has 1 amide bonds. The van der Waals surface area contributed by atoms with Gasteiger partial charge in [-0.2, -0.15) is 0 Å². The molecule has 0 saturated carbocycles. The van der Waals surface area contributed by atoms with Crippen molar-refractivity contribution < 1.29 is 18.7 Å². The molecule has 1 aliphatic heterocycles. The molecule has 4 aromatic rings. The summed E-state index contributed by atoms with van der Waals surface area (Å²) in [5.74, 6) is -0.296. The maximum absolute atomic E-state index is 13.6. The number of hydrogen-bond donors (Lipinski definition) is 1. The first kappa shape index (κ1) is 21.5. The molecular weight excluding hydrogens is 437 g/mol. The fourth-order valence-corrected chi connectivity index (χ4v) is 3.77. The highest BCUT2D eigenvalue weighted by molar-refractivity contribution is 6.06. The second-order valence-corrected chi connectivity index (χ2v) is 7.08. The summed E-state index contributed by atoms with van der Waals surface area (Å²) in [5, 5.41) is 3.40. The molecule has 1 aliphatic rings. The third kappa shape index (κ3) is 3.82. The van der Waals surface area contributed by atoms with E-state index < -0.39 is 11.7 Å². The maximum Gasteiger partial charge on any atom is 0.238 e. The molecule has 1 atom stereocenters. The zero-order valence-electron chi connectivity index (χ0n) is 17.0. The van der Waals surface area contributed by atoms with Crippen LogP contribution >= 0.6 is 12.4 Å². The van der Waals surface area contributed by atoms with Crippen molar-refractivity contribution in [2.75, 3.05) is 19.0 Å². The largest absolute Gasteiger partial charge is 0.493 e. The lowest BCUT2D eigenvalue weighted by Gasteiger charge is -2.15. The van der Waals surface area contributed by atoms with Gasteiger partial charge in [0.25, 0.3) is 0 Å². The maximum atomic E-state index is 13.6. The highest BCUT2D eigenvalue weighted by Gasteiger charge is 2.34. The lowest BCUT2D eigenvalue weighted by Crippen LogP contribution is -2.15. The lowest BCUT2D eigenvalue weighted by molar-refractivity contribution is -0.116. The summed E-state index contributed by atoms with van der Waals surface area (Å²) in [5.41, 5.74) is 2.27. The van der Waals surface area contributed by atoms with Crippen molar-refractivity contribution in [3.05, 3.63) is 72.5 Å². The van der Waals surface area contributed by atoms with E-state index in [0.717, 1.165) is 0 Å². The molecule has 10 heteroatoms. The molecule has 3 heterocycles. The number of anilines is 1. The van der Waals surface area contributed by atoms with Gasteiger partial charge in [0.2, 0.25) is 5.91 Å². The predicted octanol–water partition coefficient (Wildman–Crippen LogP) is 3.56. The molecule has 0 fully saturated rings. The fourth-order valence-electron chi connectivity index (χ4n) is 3.77. The fraction of sp³-hybridized carbons (Fsp3) is 0.182. The highest BCUT2D eigenvalue weighted by atomic mass is 35.5. The molecule has 1 unspecified atom stereocenters. The predicted molar refractivity (Wildman–Crippen MR) is 118 cm³/mol. The first-order valence-corrected chi connectivity index (χ1v) is 9.65. The molecule has 164 valence electrons. The number of rotatable bonds is 6. The van der Waals surface area contributed by atoms with Gasteiger partial charge in [-0.1, -0.05) is 6.07 Å². The number of nitrogens with zero attached hydrogens (tertiary/aromatic N) is 4. The summed E-state index contributed by atoms with van der Waals surface area (Å²) in [6.45, 7) is 1.05. The third-order valence-corrected chi connectivity index (χ3v) is 5.24. The van der Waals surface area contributed by atoms with E-state index in [1.54, 1.807) is 37.8 Å². The van der Waals surface area contributed by atoms with Crippen molar-refractivity contribution in [1.29, 1.82) is 0 Å². The number of fused-ring (bicyclic) bond motifs is 2. The molecule has 0 bridgehead atoms. The van der Waals surface area contributed by atoms with Crippen molar-refractivity contribution >= 4 is 34.9 Å². The SMILES string of the molecule is COc1cc2c(C3C(=O)Nc4cc(F)ccc43)ncnc2cc1OCCn1ccnc1.Cl. The normalized spacial score (nSPS) is 14.6. The van der Waals surface area contributed by atoms with E-state index in [4.69, 9.17) is 9.47 Å². The topological polar surface area (TPSA) is 91.2 Å². The van der Waals surface area contributed by atoms with E-state index in [1.807, 2.05) is 10.8 Å². The lowest BCUT2D eigenvalue weighted by atomic mass is 9.94. The zero-order valence-corrected chi connectivity index (χ0v) is 17.8. The van der Waals surface area contributed by atoms with Gasteiger partial charge in [0.1, 0.15) is 24.7 Å². The Kier molecular flexibility index (Phi) is 5.91. The van der Waals surface area contributed by atoms with Crippen LogP contribution in [0, 0.1) is 5.82 Å². The summed E-state index contributed by atoms with van der Waals surface area (Å²) in [6, 6.07) is 7.79. The number of carbonyl (C=O) groups excluding carboxylic acids is 1. The molecular formula is C22H19ClFN5O3. The number of halogens is 2. The molecule has 1 N–H and O–H groups in total. The molecule has 2 aromatic heterocycles. The van der Waals surface area contributed by atoms with Crippen LogP contribution in [-0.4, -0.2) is 39.1 Å². The molecule has 2 aromatic carbocycles. The van der Waals surface area contributed by atoms with Crippen LogP contribution in [0.15, 0.2) is 55.4 Å². The Balaban J connectivity index is 0.00000245. The van der Waals surface area contributed by atoms with Crippen molar-refractivity contribution in [1.82, 2.24) is 19.5 Å². The summed E-state index contributed by atoms with van der Waals surface area (Å²) < 4.78 is 26.9. The quantitative estimate of drug-likeness (QED) is 0.478. The minimum atomic E-state index is -0.668. The van der Waals surface area contributed by atoms with Crippen LogP contribution in [0.3, 0.4) is 0 Å². The van der Waals surface area contributed by atoms with Crippen molar-refractivity contribution in [3.8, 4) is 11.5 Å². The summed E-state index contributed by atoms with van der Waals surface area (Å²) >= 11 is 0. The van der Waals surface area contributed by atoms with Crippen LogP contribution in [-0.2, 0) is 11.3 Å². The summed E-state index contributed by atoms with van der Waals surface area (Å²) in [7, 11) is 1.55. The van der Waals surface area contributed by atoms with E-state index in [0.29, 0.717) is 52.5 Å². The van der Waals surface area contributed by atoms with Gasteiger partial charge in [-0.05, 0) is 23.8 Å². The van der Waals surface area contributed by atoms with Crippen LogP contribution in [0.25, 0.3) is 10.9 Å². The number of carbonyl (C=O) groups is 1. The Morgan fingerprint density at radius 3 is 2.84 bits per heavy atom. The number of nitrogens with one attached hydrogen (secondary N) is 1. The average molecular weight is 456 g/mol. The number of methoxy groups -OCH3 is 1. The smallest absolute Gasteiger partial charge is 0.238 e. The second-order valence-electron chi connectivity index (χ2n) is 7.08. The van der Waals surface area contributed by atoms with E-state index in [2.05, 4.69) is 20.3 Å². The monoisotopic (exact) mass is 455 g/mol. The summed E-state index contributed by atoms with van der Waals surface area (Å²) in [6.07, 6.45) is 6.70. The number of imidazole rings is 1. The van der Waals surface area contributed by atoms with Gasteiger partial charge in [0.05, 0.1) is 31.2 Å². The van der Waals surface area contributed by atoms with Crippen LogP contribution in [0.4, 0.5) is 10.1 Å². The molecule has 32 heavy (non-hydrogen) atoms. The van der Waals surface area contributed by atoms with Crippen LogP contribution in [0.5, 0.6) is 11.5 Å².